The number of ether oxygens (including phenoxy) is 1. The number of amides is 2. The number of thiophene rings is 1. The summed E-state index contributed by atoms with van der Waals surface area (Å²) in [5, 5.41) is 9.35. The molecule has 0 aliphatic carbocycles. The van der Waals surface area contributed by atoms with Gasteiger partial charge in [-0.25, -0.2) is 0 Å². The molecule has 0 radical (unpaired) electrons. The first kappa shape index (κ1) is 19.1. The summed E-state index contributed by atoms with van der Waals surface area (Å²) in [4.78, 5) is 23.4. The van der Waals surface area contributed by atoms with Crippen molar-refractivity contribution in [2.45, 2.75) is 25.9 Å². The van der Waals surface area contributed by atoms with Crippen molar-refractivity contribution < 1.29 is 14.3 Å². The molecule has 0 aliphatic rings. The minimum absolute atomic E-state index is 0.00726. The minimum atomic E-state index is -0.0859. The second-order valence-electron chi connectivity index (χ2n) is 5.61. The molecular weight excluding hydrogens is 336 g/mol. The predicted molar refractivity (Wildman–Crippen MR) is 99.6 cm³/mol. The van der Waals surface area contributed by atoms with Crippen LogP contribution in [-0.4, -0.2) is 31.5 Å². The molecule has 0 saturated carbocycles. The highest BCUT2D eigenvalue weighted by molar-refractivity contribution is 7.08. The molecule has 0 fully saturated rings. The lowest BCUT2D eigenvalue weighted by Gasteiger charge is -2.07. The first-order chi connectivity index (χ1) is 12.3. The minimum Gasteiger partial charge on any atom is -0.377 e. The van der Waals surface area contributed by atoms with Crippen LogP contribution in [0.2, 0.25) is 0 Å². The molecule has 1 heterocycles. The van der Waals surface area contributed by atoms with Gasteiger partial charge < -0.3 is 15.4 Å². The number of hydrogen-bond donors (Lipinski definition) is 2. The third-order valence-corrected chi connectivity index (χ3v) is 4.23. The zero-order valence-electron chi connectivity index (χ0n) is 14.2. The Morgan fingerprint density at radius 1 is 1.00 bits per heavy atom. The summed E-state index contributed by atoms with van der Waals surface area (Å²) in [6, 6.07) is 11.8. The molecule has 2 amide bonds. The first-order valence-corrected chi connectivity index (χ1v) is 9.39. The fourth-order valence-electron chi connectivity index (χ4n) is 2.20. The fraction of sp³-hybridized carbons (Fsp3) is 0.368. The molecule has 5 nitrogen and oxygen atoms in total. The zero-order valence-corrected chi connectivity index (χ0v) is 15.0. The topological polar surface area (TPSA) is 67.4 Å². The van der Waals surface area contributed by atoms with Crippen LogP contribution in [0.1, 0.15) is 35.2 Å². The number of carbonyl (C=O) groups is 2. The van der Waals surface area contributed by atoms with Gasteiger partial charge in [0.25, 0.3) is 5.91 Å². The quantitative estimate of drug-likeness (QED) is 0.606. The molecule has 6 heteroatoms. The molecule has 2 aromatic rings. The molecular formula is C19H24N2O3S. The van der Waals surface area contributed by atoms with Gasteiger partial charge in [-0.1, -0.05) is 30.3 Å². The standard InChI is InChI=1S/C19H24N2O3S/c22-18(8-4-10-21-19(23)17-9-13-25-15-17)20-11-5-12-24-14-16-6-2-1-3-7-16/h1-3,6-7,9,13,15H,4-5,8,10-12,14H2,(H,20,22)(H,21,23). The molecule has 0 saturated heterocycles. The Bertz CT molecular complexity index is 629. The first-order valence-electron chi connectivity index (χ1n) is 8.44. The van der Waals surface area contributed by atoms with Crippen LogP contribution >= 0.6 is 11.3 Å². The average molecular weight is 360 g/mol. The molecule has 0 aliphatic heterocycles. The molecule has 0 spiro atoms. The third-order valence-electron chi connectivity index (χ3n) is 3.55. The Morgan fingerprint density at radius 3 is 2.56 bits per heavy atom. The van der Waals surface area contributed by atoms with E-state index < -0.39 is 0 Å². The van der Waals surface area contributed by atoms with Crippen LogP contribution in [0.15, 0.2) is 47.2 Å². The van der Waals surface area contributed by atoms with Crippen LogP contribution in [0.4, 0.5) is 0 Å². The number of rotatable bonds is 11. The Morgan fingerprint density at radius 2 is 1.80 bits per heavy atom. The highest BCUT2D eigenvalue weighted by Crippen LogP contribution is 2.05. The molecule has 134 valence electrons. The van der Waals surface area contributed by atoms with Crippen LogP contribution in [0.3, 0.4) is 0 Å². The number of nitrogens with one attached hydrogen (secondary N) is 2. The van der Waals surface area contributed by atoms with Crippen molar-refractivity contribution in [3.8, 4) is 0 Å². The van der Waals surface area contributed by atoms with E-state index in [-0.39, 0.29) is 11.8 Å². The van der Waals surface area contributed by atoms with E-state index in [4.69, 9.17) is 4.74 Å². The van der Waals surface area contributed by atoms with Crippen LogP contribution in [0.25, 0.3) is 0 Å². The van der Waals surface area contributed by atoms with Gasteiger partial charge in [0.2, 0.25) is 5.91 Å². The maximum Gasteiger partial charge on any atom is 0.252 e. The maximum atomic E-state index is 11.7. The Kier molecular flexibility index (Phi) is 8.72. The van der Waals surface area contributed by atoms with Crippen molar-refractivity contribution in [3.63, 3.8) is 0 Å². The lowest BCUT2D eigenvalue weighted by Crippen LogP contribution is -2.28. The van der Waals surface area contributed by atoms with E-state index in [2.05, 4.69) is 10.6 Å². The van der Waals surface area contributed by atoms with Gasteiger partial charge in [-0.2, -0.15) is 11.3 Å². The van der Waals surface area contributed by atoms with Crippen molar-refractivity contribution in [2.24, 2.45) is 0 Å². The summed E-state index contributed by atoms with van der Waals surface area (Å²) in [7, 11) is 0. The van der Waals surface area contributed by atoms with Crippen molar-refractivity contribution in [3.05, 3.63) is 58.3 Å². The SMILES string of the molecule is O=C(CCCNC(=O)c1ccsc1)NCCCOCc1ccccc1. The van der Waals surface area contributed by atoms with Crippen LogP contribution in [0, 0.1) is 0 Å². The summed E-state index contributed by atoms with van der Waals surface area (Å²) in [5.74, 6) is -0.0786. The normalized spacial score (nSPS) is 10.4. The third kappa shape index (κ3) is 7.96. The van der Waals surface area contributed by atoms with Gasteiger partial charge in [0.05, 0.1) is 6.61 Å². The fourth-order valence-corrected chi connectivity index (χ4v) is 2.84. The van der Waals surface area contributed by atoms with Gasteiger partial charge in [0.15, 0.2) is 0 Å². The van der Waals surface area contributed by atoms with Gasteiger partial charge >= 0.3 is 0 Å². The van der Waals surface area contributed by atoms with Crippen molar-refractivity contribution in [1.29, 1.82) is 0 Å². The monoisotopic (exact) mass is 360 g/mol. The zero-order chi connectivity index (χ0) is 17.7. The number of carbonyl (C=O) groups excluding carboxylic acids is 2. The van der Waals surface area contributed by atoms with Crippen molar-refractivity contribution in [1.82, 2.24) is 10.6 Å². The van der Waals surface area contributed by atoms with Gasteiger partial charge in [-0.15, -0.1) is 0 Å². The largest absolute Gasteiger partial charge is 0.377 e. The summed E-state index contributed by atoms with van der Waals surface area (Å²) in [6.07, 6.45) is 1.83. The number of benzene rings is 1. The summed E-state index contributed by atoms with van der Waals surface area (Å²) in [6.45, 7) is 2.32. The number of hydrogen-bond acceptors (Lipinski definition) is 4. The summed E-state index contributed by atoms with van der Waals surface area (Å²) >= 11 is 1.49. The average Bonchev–Trinajstić information content (AvgIpc) is 3.17. The Hall–Kier alpha value is -2.18. The van der Waals surface area contributed by atoms with Gasteiger partial charge in [-0.05, 0) is 29.9 Å². The molecule has 0 bridgehead atoms. The van der Waals surface area contributed by atoms with Crippen molar-refractivity contribution >= 4 is 23.2 Å². The molecule has 0 unspecified atom stereocenters. The highest BCUT2D eigenvalue weighted by atomic mass is 32.1. The second-order valence-corrected chi connectivity index (χ2v) is 6.39. The maximum absolute atomic E-state index is 11.7. The lowest BCUT2D eigenvalue weighted by atomic mass is 10.2. The lowest BCUT2D eigenvalue weighted by molar-refractivity contribution is -0.121. The van der Waals surface area contributed by atoms with Crippen LogP contribution in [0.5, 0.6) is 0 Å². The van der Waals surface area contributed by atoms with Crippen LogP contribution < -0.4 is 10.6 Å². The molecule has 1 aromatic heterocycles. The van der Waals surface area contributed by atoms with E-state index in [0.29, 0.717) is 44.7 Å². The van der Waals surface area contributed by atoms with E-state index >= 15 is 0 Å². The van der Waals surface area contributed by atoms with E-state index in [1.54, 1.807) is 6.07 Å². The molecule has 2 rings (SSSR count). The van der Waals surface area contributed by atoms with Crippen LogP contribution in [-0.2, 0) is 16.1 Å². The Balaban J connectivity index is 1.43. The highest BCUT2D eigenvalue weighted by Gasteiger charge is 2.05. The van der Waals surface area contributed by atoms with Crippen molar-refractivity contribution in [2.75, 3.05) is 19.7 Å². The summed E-state index contributed by atoms with van der Waals surface area (Å²) < 4.78 is 5.56. The smallest absolute Gasteiger partial charge is 0.252 e. The molecule has 1 aromatic carbocycles. The van der Waals surface area contributed by atoms with Gasteiger partial charge in [0, 0.05) is 37.1 Å². The van der Waals surface area contributed by atoms with E-state index in [1.807, 2.05) is 41.1 Å². The van der Waals surface area contributed by atoms with Gasteiger partial charge in [0.1, 0.15) is 0 Å². The Labute approximate surface area is 152 Å². The molecule has 0 atom stereocenters. The van der Waals surface area contributed by atoms with E-state index in [9.17, 15) is 9.59 Å². The molecule has 2 N–H and O–H groups in total. The van der Waals surface area contributed by atoms with E-state index in [1.165, 1.54) is 11.3 Å². The second kappa shape index (κ2) is 11.4. The summed E-state index contributed by atoms with van der Waals surface area (Å²) in [5.41, 5.74) is 1.82. The van der Waals surface area contributed by atoms with E-state index in [0.717, 1.165) is 12.0 Å². The van der Waals surface area contributed by atoms with Gasteiger partial charge in [-0.3, -0.25) is 9.59 Å². The molecule has 25 heavy (non-hydrogen) atoms. The predicted octanol–water partition coefficient (Wildman–Crippen LogP) is 2.98.